The van der Waals surface area contributed by atoms with Crippen molar-refractivity contribution in [1.82, 2.24) is 20.7 Å². The molecule has 23 heavy (non-hydrogen) atoms. The summed E-state index contributed by atoms with van der Waals surface area (Å²) in [6, 6.07) is 3.82. The Kier molecular flexibility index (Phi) is 4.79. The van der Waals surface area contributed by atoms with Crippen LogP contribution in [0.25, 0.3) is 0 Å². The van der Waals surface area contributed by atoms with Gasteiger partial charge in [-0.3, -0.25) is 15.0 Å². The lowest BCUT2D eigenvalue weighted by molar-refractivity contribution is -0.134. The maximum atomic E-state index is 13.9. The van der Waals surface area contributed by atoms with E-state index >= 15 is 0 Å². The largest absolute Gasteiger partial charge is 0.338 e. The molecule has 1 aromatic carbocycles. The van der Waals surface area contributed by atoms with Gasteiger partial charge < -0.3 is 9.80 Å². The van der Waals surface area contributed by atoms with Crippen LogP contribution in [0.3, 0.4) is 0 Å². The van der Waals surface area contributed by atoms with Gasteiger partial charge in [-0.2, -0.15) is 0 Å². The summed E-state index contributed by atoms with van der Waals surface area (Å²) in [5.41, 5.74) is 5.89. The minimum absolute atomic E-state index is 0.0100. The predicted octanol–water partition coefficient (Wildman–Crippen LogP) is 0.630. The Labute approximate surface area is 138 Å². The molecule has 0 radical (unpaired) electrons. The second kappa shape index (κ2) is 6.82. The van der Waals surface area contributed by atoms with Crippen LogP contribution in [0, 0.1) is 5.82 Å². The maximum Gasteiger partial charge on any atom is 0.256 e. The average Bonchev–Trinajstić information content (AvgIpc) is 3.08. The third kappa shape index (κ3) is 3.46. The first-order valence-electron chi connectivity index (χ1n) is 7.58. The Morgan fingerprint density at radius 3 is 2.48 bits per heavy atom. The standard InChI is InChI=1S/C15H18ClFN4O2/c16-10-1-2-11(12(17)9-10)14(22)20-5-7-21(8-6-20)15(23)13-3-4-18-19-13/h1-2,9,13,18-19H,3-8H2. The van der Waals surface area contributed by atoms with Gasteiger partial charge in [-0.05, 0) is 24.6 Å². The highest BCUT2D eigenvalue weighted by Gasteiger charge is 2.31. The molecule has 2 aliphatic rings. The zero-order chi connectivity index (χ0) is 16.4. The number of carbonyl (C=O) groups excluding carboxylic acids is 2. The number of hydrogen-bond acceptors (Lipinski definition) is 4. The third-order valence-corrected chi connectivity index (χ3v) is 4.41. The molecule has 0 spiro atoms. The topological polar surface area (TPSA) is 64.7 Å². The molecule has 2 fully saturated rings. The number of amides is 2. The summed E-state index contributed by atoms with van der Waals surface area (Å²) in [5.74, 6) is -0.950. The first kappa shape index (κ1) is 16.2. The highest BCUT2D eigenvalue weighted by molar-refractivity contribution is 6.30. The first-order chi connectivity index (χ1) is 11.1. The number of benzene rings is 1. The molecule has 0 aromatic heterocycles. The van der Waals surface area contributed by atoms with Gasteiger partial charge in [-0.25, -0.2) is 9.82 Å². The smallest absolute Gasteiger partial charge is 0.256 e. The van der Waals surface area contributed by atoms with E-state index < -0.39 is 5.82 Å². The molecule has 2 saturated heterocycles. The lowest BCUT2D eigenvalue weighted by atomic mass is 10.1. The van der Waals surface area contributed by atoms with E-state index in [1.807, 2.05) is 0 Å². The average molecular weight is 341 g/mol. The Hall–Kier alpha value is -1.70. The van der Waals surface area contributed by atoms with Gasteiger partial charge in [-0.15, -0.1) is 0 Å². The lowest BCUT2D eigenvalue weighted by Crippen LogP contribution is -2.54. The van der Waals surface area contributed by atoms with Crippen LogP contribution in [0.1, 0.15) is 16.8 Å². The van der Waals surface area contributed by atoms with Crippen LogP contribution in [0.2, 0.25) is 5.02 Å². The van der Waals surface area contributed by atoms with Crippen LogP contribution in [0.15, 0.2) is 18.2 Å². The highest BCUT2D eigenvalue weighted by atomic mass is 35.5. The summed E-state index contributed by atoms with van der Waals surface area (Å²) >= 11 is 5.70. The van der Waals surface area contributed by atoms with Crippen LogP contribution >= 0.6 is 11.6 Å². The molecule has 2 N–H and O–H groups in total. The minimum Gasteiger partial charge on any atom is -0.338 e. The Bertz CT molecular complexity index is 613. The zero-order valence-corrected chi connectivity index (χ0v) is 13.3. The number of rotatable bonds is 2. The van der Waals surface area contributed by atoms with Crippen LogP contribution in [-0.4, -0.2) is 60.4 Å². The van der Waals surface area contributed by atoms with Gasteiger partial charge in [0.2, 0.25) is 5.91 Å². The Morgan fingerprint density at radius 1 is 1.17 bits per heavy atom. The normalized spacial score (nSPS) is 21.6. The molecular formula is C15H18ClFN4O2. The Morgan fingerprint density at radius 2 is 1.87 bits per heavy atom. The summed E-state index contributed by atoms with van der Waals surface area (Å²) in [6.07, 6.45) is 0.758. The van der Waals surface area contributed by atoms with Gasteiger partial charge in [0.25, 0.3) is 5.91 Å². The highest BCUT2D eigenvalue weighted by Crippen LogP contribution is 2.17. The molecule has 2 amide bonds. The molecule has 2 aliphatic heterocycles. The fourth-order valence-corrected chi connectivity index (χ4v) is 3.01. The number of nitrogens with zero attached hydrogens (tertiary/aromatic N) is 2. The molecule has 1 atom stereocenters. The Balaban J connectivity index is 1.60. The van der Waals surface area contributed by atoms with Crippen molar-refractivity contribution in [2.75, 3.05) is 32.7 Å². The number of nitrogens with one attached hydrogen (secondary N) is 2. The monoisotopic (exact) mass is 340 g/mol. The molecule has 124 valence electrons. The third-order valence-electron chi connectivity index (χ3n) is 4.17. The minimum atomic E-state index is -0.623. The van der Waals surface area contributed by atoms with Crippen molar-refractivity contribution in [1.29, 1.82) is 0 Å². The molecule has 8 heteroatoms. The van der Waals surface area contributed by atoms with E-state index in [1.54, 1.807) is 9.80 Å². The van der Waals surface area contributed by atoms with Crippen molar-refractivity contribution in [2.45, 2.75) is 12.5 Å². The molecule has 0 saturated carbocycles. The van der Waals surface area contributed by atoms with Crippen molar-refractivity contribution >= 4 is 23.4 Å². The predicted molar refractivity (Wildman–Crippen MR) is 83.4 cm³/mol. The summed E-state index contributed by atoms with van der Waals surface area (Å²) < 4.78 is 13.9. The lowest BCUT2D eigenvalue weighted by Gasteiger charge is -2.36. The molecule has 6 nitrogen and oxygen atoms in total. The van der Waals surface area contributed by atoms with E-state index in [9.17, 15) is 14.0 Å². The molecular weight excluding hydrogens is 323 g/mol. The fourth-order valence-electron chi connectivity index (χ4n) is 2.85. The van der Waals surface area contributed by atoms with Gasteiger partial charge in [0.15, 0.2) is 0 Å². The number of carbonyl (C=O) groups is 2. The second-order valence-electron chi connectivity index (χ2n) is 5.65. The zero-order valence-electron chi connectivity index (χ0n) is 12.5. The van der Waals surface area contributed by atoms with E-state index in [2.05, 4.69) is 10.9 Å². The van der Waals surface area contributed by atoms with Crippen LogP contribution < -0.4 is 10.9 Å². The quantitative estimate of drug-likeness (QED) is 0.829. The molecule has 2 heterocycles. The van der Waals surface area contributed by atoms with Crippen molar-refractivity contribution in [2.24, 2.45) is 0 Å². The SMILES string of the molecule is O=C(c1ccc(Cl)cc1F)N1CCN(C(=O)C2CCNN2)CC1. The van der Waals surface area contributed by atoms with Crippen LogP contribution in [0.4, 0.5) is 4.39 Å². The number of hydrogen-bond donors (Lipinski definition) is 2. The van der Waals surface area contributed by atoms with Gasteiger partial charge in [0, 0.05) is 37.7 Å². The number of hydrazine groups is 1. The van der Waals surface area contributed by atoms with Crippen LogP contribution in [-0.2, 0) is 4.79 Å². The van der Waals surface area contributed by atoms with E-state index in [0.717, 1.165) is 19.0 Å². The van der Waals surface area contributed by atoms with Gasteiger partial charge in [0.05, 0.1) is 5.56 Å². The van der Waals surface area contributed by atoms with Crippen LogP contribution in [0.5, 0.6) is 0 Å². The van der Waals surface area contributed by atoms with Gasteiger partial charge in [-0.1, -0.05) is 11.6 Å². The van der Waals surface area contributed by atoms with Crippen molar-refractivity contribution in [3.05, 3.63) is 34.6 Å². The summed E-state index contributed by atoms with van der Waals surface area (Å²) in [5, 5.41) is 0.257. The molecule has 0 aliphatic carbocycles. The second-order valence-corrected chi connectivity index (χ2v) is 6.09. The molecule has 3 rings (SSSR count). The van der Waals surface area contributed by atoms with Gasteiger partial charge in [0.1, 0.15) is 11.9 Å². The van der Waals surface area contributed by atoms with E-state index in [0.29, 0.717) is 26.2 Å². The van der Waals surface area contributed by atoms with Crippen molar-refractivity contribution in [3.8, 4) is 0 Å². The molecule has 1 unspecified atom stereocenters. The number of halogens is 2. The van der Waals surface area contributed by atoms with Crippen molar-refractivity contribution < 1.29 is 14.0 Å². The summed E-state index contributed by atoms with van der Waals surface area (Å²) in [4.78, 5) is 28.0. The first-order valence-corrected chi connectivity index (χ1v) is 7.95. The van der Waals surface area contributed by atoms with Crippen molar-refractivity contribution in [3.63, 3.8) is 0 Å². The van der Waals surface area contributed by atoms with Gasteiger partial charge >= 0.3 is 0 Å². The molecule has 1 aromatic rings. The summed E-state index contributed by atoms with van der Waals surface area (Å²) in [7, 11) is 0. The summed E-state index contributed by atoms with van der Waals surface area (Å²) in [6.45, 7) is 2.47. The fraction of sp³-hybridized carbons (Fsp3) is 0.467. The number of piperazine rings is 1. The van der Waals surface area contributed by atoms with E-state index in [1.165, 1.54) is 12.1 Å². The maximum absolute atomic E-state index is 13.9. The molecule has 0 bridgehead atoms. The van der Waals surface area contributed by atoms with E-state index in [-0.39, 0.29) is 28.4 Å². The van der Waals surface area contributed by atoms with E-state index in [4.69, 9.17) is 11.6 Å².